The normalized spacial score (nSPS) is 10.4. The molecule has 0 spiro atoms. The molecule has 8 nitrogen and oxygen atoms in total. The predicted octanol–water partition coefficient (Wildman–Crippen LogP) is -0.456. The van der Waals surface area contributed by atoms with Crippen LogP contribution in [0.3, 0.4) is 0 Å². The van der Waals surface area contributed by atoms with E-state index in [1.54, 1.807) is 21.2 Å². The van der Waals surface area contributed by atoms with Crippen LogP contribution in [-0.4, -0.2) is 77.7 Å². The van der Waals surface area contributed by atoms with Gasteiger partial charge in [0.05, 0.1) is 6.61 Å². The van der Waals surface area contributed by atoms with Gasteiger partial charge in [-0.15, -0.1) is 5.10 Å². The number of carbonyl (C=O) groups is 2. The highest BCUT2D eigenvalue weighted by atomic mass is 16.5. The minimum Gasteiger partial charge on any atom is -0.383 e. The number of aromatic nitrogens is 3. The van der Waals surface area contributed by atoms with E-state index in [0.29, 0.717) is 25.4 Å². The van der Waals surface area contributed by atoms with Gasteiger partial charge >= 0.3 is 0 Å². The van der Waals surface area contributed by atoms with E-state index < -0.39 is 0 Å². The molecule has 1 aromatic heterocycles. The zero-order valence-electron chi connectivity index (χ0n) is 12.3. The fourth-order valence-electron chi connectivity index (χ4n) is 1.45. The maximum atomic E-state index is 12.3. The van der Waals surface area contributed by atoms with Gasteiger partial charge in [-0.2, -0.15) is 0 Å². The van der Waals surface area contributed by atoms with Gasteiger partial charge in [-0.1, -0.05) is 6.92 Å². The second-order valence-corrected chi connectivity index (χ2v) is 4.47. The molecule has 1 rings (SSSR count). The average Bonchev–Trinajstić information content (AvgIpc) is 2.91. The molecule has 0 saturated heterocycles. The van der Waals surface area contributed by atoms with Crippen molar-refractivity contribution in [1.82, 2.24) is 25.0 Å². The minimum absolute atomic E-state index is 0.0226. The summed E-state index contributed by atoms with van der Waals surface area (Å²) < 4.78 is 4.96. The Morgan fingerprint density at radius 3 is 2.55 bits per heavy atom. The minimum atomic E-state index is -0.381. The molecule has 0 fully saturated rings. The van der Waals surface area contributed by atoms with E-state index in [2.05, 4.69) is 15.2 Å². The average molecular weight is 283 g/mol. The van der Waals surface area contributed by atoms with Crippen LogP contribution in [0, 0.1) is 0 Å². The highest BCUT2D eigenvalue weighted by molar-refractivity contribution is 5.93. The Balaban J connectivity index is 2.80. The van der Waals surface area contributed by atoms with Crippen LogP contribution < -0.4 is 0 Å². The fraction of sp³-hybridized carbons (Fsp3) is 0.667. The summed E-state index contributed by atoms with van der Waals surface area (Å²) in [5.74, 6) is 0.164. The summed E-state index contributed by atoms with van der Waals surface area (Å²) in [5.41, 5.74) is 0. The van der Waals surface area contributed by atoms with Gasteiger partial charge in [0, 0.05) is 34.2 Å². The number of amides is 2. The molecule has 0 aliphatic carbocycles. The standard InChI is InChI=1S/C12H21N5O3/c1-5-9-13-11(15-14-9)12(19)17(6-7-20-4)8-10(18)16(2)3/h5-8H2,1-4H3,(H,13,14,15). The summed E-state index contributed by atoms with van der Waals surface area (Å²) in [7, 11) is 4.82. The number of nitrogens with zero attached hydrogens (tertiary/aromatic N) is 4. The largest absolute Gasteiger partial charge is 0.383 e. The van der Waals surface area contributed by atoms with Crippen molar-refractivity contribution in [2.45, 2.75) is 13.3 Å². The summed E-state index contributed by atoms with van der Waals surface area (Å²) in [6, 6.07) is 0. The maximum Gasteiger partial charge on any atom is 0.294 e. The number of rotatable bonds is 7. The Labute approximate surface area is 118 Å². The van der Waals surface area contributed by atoms with Gasteiger partial charge in [-0.3, -0.25) is 14.7 Å². The molecule has 0 bridgehead atoms. The SMILES string of the molecule is CCc1nc(C(=O)N(CCOC)CC(=O)N(C)C)n[nH]1. The number of aryl methyl sites for hydroxylation is 1. The van der Waals surface area contributed by atoms with Gasteiger partial charge in [-0.05, 0) is 0 Å². The van der Waals surface area contributed by atoms with E-state index in [1.165, 1.54) is 9.80 Å². The van der Waals surface area contributed by atoms with Crippen LogP contribution in [0.2, 0.25) is 0 Å². The van der Waals surface area contributed by atoms with E-state index in [1.807, 2.05) is 6.92 Å². The van der Waals surface area contributed by atoms with Crippen LogP contribution in [0.25, 0.3) is 0 Å². The first-order valence-electron chi connectivity index (χ1n) is 6.39. The molecular weight excluding hydrogens is 262 g/mol. The van der Waals surface area contributed by atoms with Gasteiger partial charge in [0.25, 0.3) is 5.91 Å². The second-order valence-electron chi connectivity index (χ2n) is 4.47. The van der Waals surface area contributed by atoms with Crippen molar-refractivity contribution in [3.63, 3.8) is 0 Å². The van der Waals surface area contributed by atoms with Crippen LogP contribution >= 0.6 is 0 Å². The monoisotopic (exact) mass is 283 g/mol. The molecule has 0 unspecified atom stereocenters. The molecule has 8 heteroatoms. The predicted molar refractivity (Wildman–Crippen MR) is 72.2 cm³/mol. The molecule has 1 heterocycles. The molecule has 0 saturated carbocycles. The number of nitrogens with one attached hydrogen (secondary N) is 1. The molecule has 1 N–H and O–H groups in total. The van der Waals surface area contributed by atoms with Crippen molar-refractivity contribution in [1.29, 1.82) is 0 Å². The van der Waals surface area contributed by atoms with E-state index in [0.717, 1.165) is 0 Å². The number of likely N-dealkylation sites (N-methyl/N-ethyl adjacent to an activating group) is 1. The summed E-state index contributed by atoms with van der Waals surface area (Å²) in [6.07, 6.45) is 0.662. The van der Waals surface area contributed by atoms with Crippen LogP contribution in [0.5, 0.6) is 0 Å². The topological polar surface area (TPSA) is 91.4 Å². The Morgan fingerprint density at radius 1 is 1.35 bits per heavy atom. The third-order valence-electron chi connectivity index (χ3n) is 2.74. The molecule has 2 amide bonds. The van der Waals surface area contributed by atoms with E-state index in [4.69, 9.17) is 4.74 Å². The molecule has 0 aromatic carbocycles. The van der Waals surface area contributed by atoms with Gasteiger partial charge in [-0.25, -0.2) is 4.98 Å². The van der Waals surface area contributed by atoms with E-state index >= 15 is 0 Å². The number of hydrogen-bond acceptors (Lipinski definition) is 5. The number of hydrogen-bond donors (Lipinski definition) is 1. The molecule has 0 atom stereocenters. The molecule has 112 valence electrons. The van der Waals surface area contributed by atoms with Crippen LogP contribution in [0.15, 0.2) is 0 Å². The lowest BCUT2D eigenvalue weighted by Gasteiger charge is -2.22. The lowest BCUT2D eigenvalue weighted by molar-refractivity contribution is -0.129. The lowest BCUT2D eigenvalue weighted by Crippen LogP contribution is -2.42. The first-order chi connectivity index (χ1) is 9.49. The van der Waals surface area contributed by atoms with Gasteiger partial charge in [0.1, 0.15) is 12.4 Å². The molecule has 0 aliphatic heterocycles. The third-order valence-corrected chi connectivity index (χ3v) is 2.74. The molecule has 0 radical (unpaired) electrons. The Hall–Kier alpha value is -1.96. The Morgan fingerprint density at radius 2 is 2.05 bits per heavy atom. The van der Waals surface area contributed by atoms with Crippen LogP contribution in [0.1, 0.15) is 23.4 Å². The van der Waals surface area contributed by atoms with Gasteiger partial charge < -0.3 is 14.5 Å². The summed E-state index contributed by atoms with van der Waals surface area (Å²) in [4.78, 5) is 31.0. The second kappa shape index (κ2) is 7.59. The van der Waals surface area contributed by atoms with Crippen LogP contribution in [-0.2, 0) is 16.0 Å². The molecular formula is C12H21N5O3. The Bertz CT molecular complexity index is 458. The van der Waals surface area contributed by atoms with Crippen molar-refractivity contribution in [2.75, 3.05) is 40.9 Å². The first kappa shape index (κ1) is 16.1. The number of carbonyl (C=O) groups excluding carboxylic acids is 2. The summed E-state index contributed by atoms with van der Waals surface area (Å²) in [5, 5.41) is 6.56. The maximum absolute atomic E-state index is 12.3. The van der Waals surface area contributed by atoms with Crippen molar-refractivity contribution in [2.24, 2.45) is 0 Å². The van der Waals surface area contributed by atoms with Crippen molar-refractivity contribution in [3.05, 3.63) is 11.6 Å². The zero-order chi connectivity index (χ0) is 15.1. The number of methoxy groups -OCH3 is 1. The number of aromatic amines is 1. The lowest BCUT2D eigenvalue weighted by atomic mass is 10.4. The molecule has 20 heavy (non-hydrogen) atoms. The highest BCUT2D eigenvalue weighted by Crippen LogP contribution is 2.01. The number of ether oxygens (including phenoxy) is 1. The van der Waals surface area contributed by atoms with E-state index in [9.17, 15) is 9.59 Å². The fourth-order valence-corrected chi connectivity index (χ4v) is 1.45. The van der Waals surface area contributed by atoms with Gasteiger partial charge in [0.15, 0.2) is 0 Å². The summed E-state index contributed by atoms with van der Waals surface area (Å²) in [6.45, 7) is 2.54. The third kappa shape index (κ3) is 4.30. The smallest absolute Gasteiger partial charge is 0.294 e. The van der Waals surface area contributed by atoms with Crippen molar-refractivity contribution >= 4 is 11.8 Å². The van der Waals surface area contributed by atoms with Crippen molar-refractivity contribution < 1.29 is 14.3 Å². The zero-order valence-corrected chi connectivity index (χ0v) is 12.3. The van der Waals surface area contributed by atoms with Crippen molar-refractivity contribution in [3.8, 4) is 0 Å². The highest BCUT2D eigenvalue weighted by Gasteiger charge is 2.22. The number of H-pyrrole nitrogens is 1. The molecule has 0 aliphatic rings. The quantitative estimate of drug-likeness (QED) is 0.731. The summed E-state index contributed by atoms with van der Waals surface area (Å²) >= 11 is 0. The first-order valence-corrected chi connectivity index (χ1v) is 6.39. The molecule has 1 aromatic rings. The van der Waals surface area contributed by atoms with Gasteiger partial charge in [0.2, 0.25) is 11.7 Å². The van der Waals surface area contributed by atoms with E-state index in [-0.39, 0.29) is 24.2 Å². The van der Waals surface area contributed by atoms with Crippen LogP contribution in [0.4, 0.5) is 0 Å². The Kier molecular flexibility index (Phi) is 6.10.